The molecule has 1 saturated heterocycles. The summed E-state index contributed by atoms with van der Waals surface area (Å²) in [6.45, 7) is 7.34. The first-order valence-electron chi connectivity index (χ1n) is 9.83. The minimum absolute atomic E-state index is 0.300. The Morgan fingerprint density at radius 2 is 1.90 bits per heavy atom. The molecule has 6 nitrogen and oxygen atoms in total. The van der Waals surface area contributed by atoms with E-state index in [0.29, 0.717) is 36.7 Å². The minimum atomic E-state index is -4.51. The maximum atomic E-state index is 12.8. The van der Waals surface area contributed by atoms with E-state index in [4.69, 9.17) is 4.74 Å². The van der Waals surface area contributed by atoms with Crippen LogP contribution in [0.4, 0.5) is 18.0 Å². The van der Waals surface area contributed by atoms with E-state index in [9.17, 15) is 23.1 Å². The number of aromatic hydroxyl groups is 1. The van der Waals surface area contributed by atoms with Gasteiger partial charge in [-0.1, -0.05) is 0 Å². The number of aromatic nitrogens is 2. The Labute approximate surface area is 173 Å². The second-order valence-corrected chi connectivity index (χ2v) is 8.59. The second-order valence-electron chi connectivity index (χ2n) is 8.59. The first kappa shape index (κ1) is 22.0. The molecule has 1 aliphatic rings. The molecule has 1 fully saturated rings. The van der Waals surface area contributed by atoms with Crippen LogP contribution in [0.5, 0.6) is 5.75 Å². The molecule has 3 rings (SSSR count). The number of phenols is 1. The van der Waals surface area contributed by atoms with Crippen molar-refractivity contribution in [3.8, 4) is 16.9 Å². The Kier molecular flexibility index (Phi) is 6.01. The lowest BCUT2D eigenvalue weighted by atomic mass is 9.97. The van der Waals surface area contributed by atoms with Crippen LogP contribution in [0.3, 0.4) is 0 Å². The number of hydrogen-bond donors (Lipinski definition) is 1. The molecule has 1 aromatic carbocycles. The predicted molar refractivity (Wildman–Crippen MR) is 105 cm³/mol. The van der Waals surface area contributed by atoms with Gasteiger partial charge in [0.05, 0.1) is 11.8 Å². The first-order valence-corrected chi connectivity index (χ1v) is 9.83. The van der Waals surface area contributed by atoms with Crippen molar-refractivity contribution in [2.24, 2.45) is 5.92 Å². The molecule has 1 N–H and O–H groups in total. The first-order chi connectivity index (χ1) is 13.9. The molecule has 0 aliphatic carbocycles. The van der Waals surface area contributed by atoms with Gasteiger partial charge in [-0.2, -0.15) is 18.3 Å². The van der Waals surface area contributed by atoms with Crippen molar-refractivity contribution < 1.29 is 27.8 Å². The highest BCUT2D eigenvalue weighted by molar-refractivity contribution is 5.69. The van der Waals surface area contributed by atoms with Crippen molar-refractivity contribution in [3.63, 3.8) is 0 Å². The topological polar surface area (TPSA) is 67.6 Å². The molecule has 0 atom stereocenters. The molecule has 2 heterocycles. The van der Waals surface area contributed by atoms with Gasteiger partial charge in [0.1, 0.15) is 11.4 Å². The van der Waals surface area contributed by atoms with E-state index >= 15 is 0 Å². The third kappa shape index (κ3) is 5.46. The third-order valence-corrected chi connectivity index (χ3v) is 4.98. The van der Waals surface area contributed by atoms with E-state index in [2.05, 4.69) is 5.10 Å². The van der Waals surface area contributed by atoms with Crippen LogP contribution < -0.4 is 0 Å². The number of carbonyl (C=O) groups is 1. The largest absolute Gasteiger partial charge is 0.507 e. The molecule has 30 heavy (non-hydrogen) atoms. The van der Waals surface area contributed by atoms with E-state index < -0.39 is 23.1 Å². The van der Waals surface area contributed by atoms with Crippen LogP contribution in [-0.2, 0) is 17.5 Å². The lowest BCUT2D eigenvalue weighted by Gasteiger charge is -2.33. The maximum Gasteiger partial charge on any atom is 0.416 e. The molecule has 164 valence electrons. The molecule has 1 aliphatic heterocycles. The molecule has 1 aromatic heterocycles. The molecule has 9 heteroatoms. The summed E-state index contributed by atoms with van der Waals surface area (Å²) in [6, 6.07) is 2.91. The van der Waals surface area contributed by atoms with E-state index in [1.54, 1.807) is 15.8 Å². The van der Waals surface area contributed by atoms with Crippen LogP contribution in [-0.4, -0.2) is 44.6 Å². The fraction of sp³-hybridized carbons (Fsp3) is 0.524. The molecule has 1 amide bonds. The highest BCUT2D eigenvalue weighted by Crippen LogP contribution is 2.36. The molecule has 0 unspecified atom stereocenters. The van der Waals surface area contributed by atoms with E-state index in [-0.39, 0.29) is 6.09 Å². The van der Waals surface area contributed by atoms with Gasteiger partial charge in [-0.05, 0) is 57.7 Å². The SMILES string of the molecule is CC(C)(C)OC(=O)N1CCC(Cn2cc(-c3ccc(C(F)(F)F)cc3O)cn2)CC1. The average Bonchev–Trinajstić information content (AvgIpc) is 3.08. The number of benzene rings is 1. The minimum Gasteiger partial charge on any atom is -0.507 e. The fourth-order valence-corrected chi connectivity index (χ4v) is 3.44. The molecular formula is C21H26F3N3O3. The van der Waals surface area contributed by atoms with Crippen LogP contribution >= 0.6 is 0 Å². The van der Waals surface area contributed by atoms with Gasteiger partial charge in [-0.25, -0.2) is 4.79 Å². The van der Waals surface area contributed by atoms with Gasteiger partial charge in [0.25, 0.3) is 0 Å². The zero-order valence-corrected chi connectivity index (χ0v) is 17.2. The second kappa shape index (κ2) is 8.20. The van der Waals surface area contributed by atoms with Gasteiger partial charge in [-0.3, -0.25) is 4.68 Å². The fourth-order valence-electron chi connectivity index (χ4n) is 3.44. The molecular weight excluding hydrogens is 399 g/mol. The number of hydrogen-bond acceptors (Lipinski definition) is 4. The van der Waals surface area contributed by atoms with Crippen LogP contribution in [0.2, 0.25) is 0 Å². The number of phenolic OH excluding ortho intramolecular Hbond substituents is 1. The van der Waals surface area contributed by atoms with Crippen molar-refractivity contribution in [2.45, 2.75) is 51.9 Å². The smallest absolute Gasteiger partial charge is 0.416 e. The van der Waals surface area contributed by atoms with Crippen molar-refractivity contribution in [1.29, 1.82) is 0 Å². The Morgan fingerprint density at radius 1 is 1.23 bits per heavy atom. The molecule has 0 saturated carbocycles. The standard InChI is InChI=1S/C21H26F3N3O3/c1-20(2,3)30-19(29)26-8-6-14(7-9-26)12-27-13-15(11-25-27)17-5-4-16(10-18(17)28)21(22,23)24/h4-5,10-11,13-14,28H,6-9,12H2,1-3H3. The van der Waals surface area contributed by atoms with E-state index in [0.717, 1.165) is 25.0 Å². The highest BCUT2D eigenvalue weighted by Gasteiger charge is 2.31. The van der Waals surface area contributed by atoms with Crippen molar-refractivity contribution in [3.05, 3.63) is 36.2 Å². The quantitative estimate of drug-likeness (QED) is 0.758. The van der Waals surface area contributed by atoms with Crippen molar-refractivity contribution in [1.82, 2.24) is 14.7 Å². The molecule has 2 aromatic rings. The van der Waals surface area contributed by atoms with E-state index in [1.807, 2.05) is 20.8 Å². The summed E-state index contributed by atoms with van der Waals surface area (Å²) >= 11 is 0. The monoisotopic (exact) mass is 425 g/mol. The lowest BCUT2D eigenvalue weighted by Crippen LogP contribution is -2.42. The van der Waals surface area contributed by atoms with Gasteiger partial charge >= 0.3 is 12.3 Å². The number of ether oxygens (including phenoxy) is 1. The Bertz CT molecular complexity index is 895. The van der Waals surface area contributed by atoms with E-state index in [1.165, 1.54) is 12.3 Å². The predicted octanol–water partition coefficient (Wildman–Crippen LogP) is 4.92. The molecule has 0 radical (unpaired) electrons. The van der Waals surface area contributed by atoms with Gasteiger partial charge in [0.15, 0.2) is 0 Å². The number of nitrogens with zero attached hydrogens (tertiary/aromatic N) is 3. The average molecular weight is 425 g/mol. The summed E-state index contributed by atoms with van der Waals surface area (Å²) in [6.07, 6.45) is 0.0368. The van der Waals surface area contributed by atoms with Crippen LogP contribution in [0, 0.1) is 5.92 Å². The van der Waals surface area contributed by atoms with Crippen molar-refractivity contribution in [2.75, 3.05) is 13.1 Å². The zero-order chi connectivity index (χ0) is 22.1. The molecule has 0 bridgehead atoms. The highest BCUT2D eigenvalue weighted by atomic mass is 19.4. The third-order valence-electron chi connectivity index (χ3n) is 4.98. The van der Waals surface area contributed by atoms with Gasteiger partial charge < -0.3 is 14.7 Å². The number of carbonyl (C=O) groups excluding carboxylic acids is 1. The van der Waals surface area contributed by atoms with Crippen molar-refractivity contribution >= 4 is 6.09 Å². The summed E-state index contributed by atoms with van der Waals surface area (Å²) in [4.78, 5) is 13.9. The Hall–Kier alpha value is -2.71. The van der Waals surface area contributed by atoms with Crippen LogP contribution in [0.1, 0.15) is 39.2 Å². The zero-order valence-electron chi connectivity index (χ0n) is 17.2. The van der Waals surface area contributed by atoms with Crippen LogP contribution in [0.15, 0.2) is 30.6 Å². The number of likely N-dealkylation sites (tertiary alicyclic amines) is 1. The summed E-state index contributed by atoms with van der Waals surface area (Å²) in [5.41, 5.74) is -0.571. The number of amides is 1. The van der Waals surface area contributed by atoms with Gasteiger partial charge in [0, 0.05) is 37.0 Å². The summed E-state index contributed by atoms with van der Waals surface area (Å²) < 4.78 is 45.4. The normalized spacial score (nSPS) is 16.0. The van der Waals surface area contributed by atoms with Gasteiger partial charge in [0.2, 0.25) is 0 Å². The number of alkyl halides is 3. The number of piperidine rings is 1. The molecule has 0 spiro atoms. The number of halogens is 3. The maximum absolute atomic E-state index is 12.8. The lowest BCUT2D eigenvalue weighted by molar-refractivity contribution is -0.137. The van der Waals surface area contributed by atoms with Gasteiger partial charge in [-0.15, -0.1) is 0 Å². The Morgan fingerprint density at radius 3 is 2.47 bits per heavy atom. The summed E-state index contributed by atoms with van der Waals surface area (Å²) in [5, 5.41) is 14.3. The number of rotatable bonds is 3. The summed E-state index contributed by atoms with van der Waals surface area (Å²) in [7, 11) is 0. The summed E-state index contributed by atoms with van der Waals surface area (Å²) in [5.74, 6) is -0.118. The Balaban J connectivity index is 1.59. The van der Waals surface area contributed by atoms with Crippen LogP contribution in [0.25, 0.3) is 11.1 Å².